The normalized spacial score (nSPS) is 14.3. The fraction of sp³-hybridized carbons (Fsp3) is 0.478. The van der Waals surface area contributed by atoms with E-state index < -0.39 is 0 Å². The summed E-state index contributed by atoms with van der Waals surface area (Å²) >= 11 is 0. The highest BCUT2D eigenvalue weighted by atomic mass is 16.5. The zero-order valence-corrected chi connectivity index (χ0v) is 16.9. The Balaban J connectivity index is 1.65. The Morgan fingerprint density at radius 3 is 2.63 bits per heavy atom. The molecule has 0 fully saturated rings. The quantitative estimate of drug-likeness (QED) is 0.761. The van der Waals surface area contributed by atoms with Gasteiger partial charge in [0.25, 0.3) is 0 Å². The van der Waals surface area contributed by atoms with Crippen LogP contribution >= 0.6 is 0 Å². The predicted molar refractivity (Wildman–Crippen MR) is 108 cm³/mol. The highest BCUT2D eigenvalue weighted by molar-refractivity contribution is 5.43. The van der Waals surface area contributed by atoms with Gasteiger partial charge in [0.05, 0.1) is 13.7 Å². The van der Waals surface area contributed by atoms with Gasteiger partial charge < -0.3 is 14.6 Å². The molecule has 0 atom stereocenters. The first-order valence-corrected chi connectivity index (χ1v) is 9.67. The van der Waals surface area contributed by atoms with Gasteiger partial charge in [0.15, 0.2) is 11.5 Å². The molecular weight excluding hydrogens is 338 g/mol. The van der Waals surface area contributed by atoms with Gasteiger partial charge in [-0.2, -0.15) is 0 Å². The SMILES string of the molecule is COc1cc(CCC(C)(C)N2Cc3cccc(C)c3C2)ccc1OCCO. The second kappa shape index (κ2) is 8.32. The van der Waals surface area contributed by atoms with Gasteiger partial charge in [0.1, 0.15) is 6.61 Å². The molecular formula is C23H31NO3. The molecule has 0 spiro atoms. The monoisotopic (exact) mass is 369 g/mol. The Bertz CT molecular complexity index is 785. The molecule has 0 saturated heterocycles. The Kier molecular flexibility index (Phi) is 6.08. The van der Waals surface area contributed by atoms with E-state index in [4.69, 9.17) is 14.6 Å². The maximum absolute atomic E-state index is 8.94. The molecule has 0 unspecified atom stereocenters. The van der Waals surface area contributed by atoms with E-state index in [2.05, 4.69) is 49.9 Å². The zero-order chi connectivity index (χ0) is 19.4. The van der Waals surface area contributed by atoms with E-state index in [9.17, 15) is 0 Å². The first kappa shape index (κ1) is 19.7. The smallest absolute Gasteiger partial charge is 0.161 e. The van der Waals surface area contributed by atoms with Gasteiger partial charge in [0.2, 0.25) is 0 Å². The van der Waals surface area contributed by atoms with E-state index in [0.717, 1.165) is 31.7 Å². The summed E-state index contributed by atoms with van der Waals surface area (Å²) in [5, 5.41) is 8.94. The third-order valence-corrected chi connectivity index (χ3v) is 5.68. The first-order valence-electron chi connectivity index (χ1n) is 9.67. The van der Waals surface area contributed by atoms with Gasteiger partial charge in [-0.15, -0.1) is 0 Å². The van der Waals surface area contributed by atoms with Crippen molar-refractivity contribution in [2.75, 3.05) is 20.3 Å². The second-order valence-electron chi connectivity index (χ2n) is 7.94. The van der Waals surface area contributed by atoms with Gasteiger partial charge in [0, 0.05) is 18.6 Å². The average Bonchev–Trinajstić information content (AvgIpc) is 3.12. The third kappa shape index (κ3) is 4.45. The molecule has 146 valence electrons. The standard InChI is InChI=1S/C23H31NO3/c1-17-6-5-7-19-15-24(16-20(17)19)23(2,3)11-10-18-8-9-21(27-13-12-25)22(14-18)26-4/h5-9,14,25H,10-13,15-16H2,1-4H3. The van der Waals surface area contributed by atoms with Crippen LogP contribution in [0.1, 0.15) is 42.5 Å². The number of aryl methyl sites for hydroxylation is 2. The van der Waals surface area contributed by atoms with Crippen molar-refractivity contribution in [3.8, 4) is 11.5 Å². The molecule has 1 aliphatic rings. The molecule has 4 heteroatoms. The van der Waals surface area contributed by atoms with Crippen LogP contribution in [0.15, 0.2) is 36.4 Å². The van der Waals surface area contributed by atoms with Crippen molar-refractivity contribution in [2.45, 2.75) is 52.2 Å². The van der Waals surface area contributed by atoms with Crippen LogP contribution in [-0.4, -0.2) is 35.9 Å². The summed E-state index contributed by atoms with van der Waals surface area (Å²) in [4.78, 5) is 2.58. The second-order valence-corrected chi connectivity index (χ2v) is 7.94. The van der Waals surface area contributed by atoms with Crippen molar-refractivity contribution in [1.29, 1.82) is 0 Å². The van der Waals surface area contributed by atoms with E-state index in [1.807, 2.05) is 12.1 Å². The average molecular weight is 370 g/mol. The number of nitrogens with zero attached hydrogens (tertiary/aromatic N) is 1. The molecule has 0 saturated carbocycles. The maximum atomic E-state index is 8.94. The van der Waals surface area contributed by atoms with Crippen LogP contribution in [0.2, 0.25) is 0 Å². The lowest BCUT2D eigenvalue weighted by atomic mass is 9.93. The van der Waals surface area contributed by atoms with Crippen LogP contribution in [0.25, 0.3) is 0 Å². The van der Waals surface area contributed by atoms with Crippen molar-refractivity contribution in [1.82, 2.24) is 4.90 Å². The number of hydrogen-bond donors (Lipinski definition) is 1. The van der Waals surface area contributed by atoms with Crippen LogP contribution < -0.4 is 9.47 Å². The number of ether oxygens (including phenoxy) is 2. The summed E-state index contributed by atoms with van der Waals surface area (Å²) in [6, 6.07) is 12.7. The summed E-state index contributed by atoms with van der Waals surface area (Å²) in [5.74, 6) is 1.41. The highest BCUT2D eigenvalue weighted by Gasteiger charge is 2.32. The largest absolute Gasteiger partial charge is 0.493 e. The number of aliphatic hydroxyl groups excluding tert-OH is 1. The van der Waals surface area contributed by atoms with E-state index in [1.54, 1.807) is 7.11 Å². The molecule has 4 nitrogen and oxygen atoms in total. The van der Waals surface area contributed by atoms with Crippen LogP contribution in [0.3, 0.4) is 0 Å². The zero-order valence-electron chi connectivity index (χ0n) is 16.9. The van der Waals surface area contributed by atoms with Crippen molar-refractivity contribution < 1.29 is 14.6 Å². The Labute approximate surface area is 162 Å². The third-order valence-electron chi connectivity index (χ3n) is 5.68. The van der Waals surface area contributed by atoms with Gasteiger partial charge in [-0.3, -0.25) is 4.90 Å². The molecule has 0 aliphatic carbocycles. The fourth-order valence-corrected chi connectivity index (χ4v) is 3.77. The molecule has 0 amide bonds. The number of benzene rings is 2. The molecule has 1 N–H and O–H groups in total. The summed E-state index contributed by atoms with van der Waals surface area (Å²) in [6.45, 7) is 9.22. The minimum atomic E-state index is -0.00318. The lowest BCUT2D eigenvalue weighted by Crippen LogP contribution is -2.40. The first-order chi connectivity index (χ1) is 12.9. The molecule has 27 heavy (non-hydrogen) atoms. The number of methoxy groups -OCH3 is 1. The van der Waals surface area contributed by atoms with E-state index in [-0.39, 0.29) is 18.8 Å². The molecule has 1 aliphatic heterocycles. The van der Waals surface area contributed by atoms with Crippen LogP contribution in [0.5, 0.6) is 11.5 Å². The number of aliphatic hydroxyl groups is 1. The van der Waals surface area contributed by atoms with Gasteiger partial charge in [-0.05, 0) is 68.0 Å². The lowest BCUT2D eigenvalue weighted by molar-refractivity contribution is 0.109. The number of rotatable bonds is 8. The number of fused-ring (bicyclic) bond motifs is 1. The summed E-state index contributed by atoms with van der Waals surface area (Å²) in [5.41, 5.74) is 5.72. The van der Waals surface area contributed by atoms with Crippen molar-refractivity contribution in [2.24, 2.45) is 0 Å². The van der Waals surface area contributed by atoms with Crippen LogP contribution in [0.4, 0.5) is 0 Å². The Morgan fingerprint density at radius 2 is 1.93 bits per heavy atom. The molecule has 2 aromatic carbocycles. The molecule has 0 aromatic heterocycles. The van der Waals surface area contributed by atoms with Crippen molar-refractivity contribution >= 4 is 0 Å². The van der Waals surface area contributed by atoms with Gasteiger partial charge >= 0.3 is 0 Å². The minimum absolute atomic E-state index is 0.00318. The van der Waals surface area contributed by atoms with E-state index in [1.165, 1.54) is 22.3 Å². The lowest BCUT2D eigenvalue weighted by Gasteiger charge is -2.35. The number of hydrogen-bond acceptors (Lipinski definition) is 4. The van der Waals surface area contributed by atoms with Crippen molar-refractivity contribution in [3.63, 3.8) is 0 Å². The predicted octanol–water partition coefficient (Wildman–Crippen LogP) is 4.10. The molecule has 0 radical (unpaired) electrons. The molecule has 3 rings (SSSR count). The fourth-order valence-electron chi connectivity index (χ4n) is 3.77. The van der Waals surface area contributed by atoms with Crippen LogP contribution in [0, 0.1) is 6.92 Å². The topological polar surface area (TPSA) is 41.9 Å². The van der Waals surface area contributed by atoms with Crippen LogP contribution in [-0.2, 0) is 19.5 Å². The molecule has 2 aromatic rings. The minimum Gasteiger partial charge on any atom is -0.493 e. The Morgan fingerprint density at radius 1 is 1.11 bits per heavy atom. The van der Waals surface area contributed by atoms with Gasteiger partial charge in [-0.25, -0.2) is 0 Å². The Hall–Kier alpha value is -2.04. The summed E-state index contributed by atoms with van der Waals surface area (Å²) < 4.78 is 11.0. The summed E-state index contributed by atoms with van der Waals surface area (Å²) in [7, 11) is 1.65. The van der Waals surface area contributed by atoms with E-state index in [0.29, 0.717) is 5.75 Å². The molecule has 0 bridgehead atoms. The van der Waals surface area contributed by atoms with Gasteiger partial charge in [-0.1, -0.05) is 24.3 Å². The molecule has 1 heterocycles. The van der Waals surface area contributed by atoms with E-state index >= 15 is 0 Å². The van der Waals surface area contributed by atoms with Crippen molar-refractivity contribution in [3.05, 3.63) is 58.7 Å². The summed E-state index contributed by atoms with van der Waals surface area (Å²) in [6.07, 6.45) is 2.05. The highest BCUT2D eigenvalue weighted by Crippen LogP contribution is 2.34. The maximum Gasteiger partial charge on any atom is 0.161 e.